The molecule has 0 aromatic carbocycles. The van der Waals surface area contributed by atoms with E-state index in [2.05, 4.69) is 19.8 Å². The van der Waals surface area contributed by atoms with Crippen LogP contribution in [0.5, 0.6) is 0 Å². The summed E-state index contributed by atoms with van der Waals surface area (Å²) in [6, 6.07) is 4.40. The molecular formula is C22H20F2N6OS. The van der Waals surface area contributed by atoms with Gasteiger partial charge in [0.05, 0.1) is 17.8 Å². The molecule has 0 bridgehead atoms. The number of aromatic nitrogens is 2. The van der Waals surface area contributed by atoms with E-state index < -0.39 is 22.1 Å². The first-order valence-electron chi connectivity index (χ1n) is 9.74. The molecule has 7 nitrogen and oxygen atoms in total. The van der Waals surface area contributed by atoms with Crippen LogP contribution in [0.3, 0.4) is 0 Å². The molecule has 164 valence electrons. The summed E-state index contributed by atoms with van der Waals surface area (Å²) in [4.78, 5) is 29.8. The molecule has 0 spiro atoms. The van der Waals surface area contributed by atoms with Crippen molar-refractivity contribution >= 4 is 40.4 Å². The van der Waals surface area contributed by atoms with Crippen molar-refractivity contribution in [2.24, 2.45) is 16.6 Å². The van der Waals surface area contributed by atoms with Gasteiger partial charge in [0.1, 0.15) is 10.6 Å². The van der Waals surface area contributed by atoms with Crippen molar-refractivity contribution in [3.8, 4) is 0 Å². The number of carbonyl (C=O) groups excluding carboxylic acids is 1. The number of nitrogens with two attached hydrogens (primary N) is 1. The second-order valence-electron chi connectivity index (χ2n) is 8.15. The lowest BCUT2D eigenvalue weighted by Crippen LogP contribution is -2.43. The van der Waals surface area contributed by atoms with Crippen molar-refractivity contribution in [2.45, 2.75) is 23.6 Å². The van der Waals surface area contributed by atoms with Gasteiger partial charge in [-0.2, -0.15) is 4.39 Å². The van der Waals surface area contributed by atoms with Crippen molar-refractivity contribution in [1.82, 2.24) is 14.9 Å². The maximum atomic E-state index is 15.0. The van der Waals surface area contributed by atoms with Gasteiger partial charge < -0.3 is 10.6 Å². The van der Waals surface area contributed by atoms with Crippen LogP contribution in [0.2, 0.25) is 0 Å². The van der Waals surface area contributed by atoms with Crippen LogP contribution < -0.4 is 5.73 Å². The van der Waals surface area contributed by atoms with Gasteiger partial charge in [0.15, 0.2) is 5.17 Å². The first-order valence-corrected chi connectivity index (χ1v) is 10.6. The third-order valence-electron chi connectivity index (χ3n) is 5.82. The fourth-order valence-corrected chi connectivity index (χ4v) is 5.63. The highest BCUT2D eigenvalue weighted by atomic mass is 32.2. The maximum Gasteiger partial charge on any atom is 0.239 e. The summed E-state index contributed by atoms with van der Waals surface area (Å²) in [6.07, 6.45) is 4.10. The minimum Gasteiger partial charge on any atom is -0.378 e. The van der Waals surface area contributed by atoms with E-state index in [0.717, 1.165) is 6.20 Å². The molecule has 3 atom stereocenters. The summed E-state index contributed by atoms with van der Waals surface area (Å²) in [6.45, 7) is 8.65. The number of thioether (sulfide) groups is 1. The van der Waals surface area contributed by atoms with Gasteiger partial charge in [0.25, 0.3) is 0 Å². The number of hydrogen-bond acceptors (Lipinski definition) is 6. The molecule has 3 heterocycles. The SMILES string of the molecule is [C-]#[N+]c1ccc(/C=C(\F)c2cnc(F)c([C@@]3(C)N=C(N)S[C@@]4(C(=O)N(C)C)C[C@H]43)c2)nc1. The zero-order chi connectivity index (χ0) is 23.3. The number of rotatable bonds is 4. The quantitative estimate of drug-likeness (QED) is 0.561. The molecule has 0 radical (unpaired) electrons. The van der Waals surface area contributed by atoms with E-state index in [0.29, 0.717) is 17.8 Å². The molecule has 1 saturated carbocycles. The average Bonchev–Trinajstić information content (AvgIpc) is 3.50. The predicted molar refractivity (Wildman–Crippen MR) is 120 cm³/mol. The average molecular weight is 455 g/mol. The van der Waals surface area contributed by atoms with Gasteiger partial charge in [-0.1, -0.05) is 17.8 Å². The Morgan fingerprint density at radius 3 is 2.75 bits per heavy atom. The molecule has 2 N–H and O–H groups in total. The van der Waals surface area contributed by atoms with E-state index in [1.807, 2.05) is 0 Å². The largest absolute Gasteiger partial charge is 0.378 e. The first-order chi connectivity index (χ1) is 15.1. The lowest BCUT2D eigenvalue weighted by molar-refractivity contribution is -0.129. The van der Waals surface area contributed by atoms with E-state index in [1.54, 1.807) is 21.0 Å². The summed E-state index contributed by atoms with van der Waals surface area (Å²) in [5.74, 6) is -1.87. The van der Waals surface area contributed by atoms with E-state index in [-0.39, 0.29) is 28.1 Å². The van der Waals surface area contributed by atoms with Crippen LogP contribution in [-0.4, -0.2) is 44.8 Å². The molecule has 32 heavy (non-hydrogen) atoms. The molecule has 2 aromatic rings. The number of aliphatic imine (C=N–C) groups is 1. The summed E-state index contributed by atoms with van der Waals surface area (Å²) in [5.41, 5.74) is 5.66. The van der Waals surface area contributed by atoms with Crippen molar-refractivity contribution < 1.29 is 13.6 Å². The minimum absolute atomic E-state index is 0.0517. The van der Waals surface area contributed by atoms with Crippen molar-refractivity contribution in [1.29, 1.82) is 0 Å². The van der Waals surface area contributed by atoms with E-state index in [9.17, 15) is 13.6 Å². The van der Waals surface area contributed by atoms with Crippen LogP contribution in [0.15, 0.2) is 35.6 Å². The molecule has 1 fully saturated rings. The second kappa shape index (κ2) is 7.67. The topological polar surface area (TPSA) is 88.8 Å². The van der Waals surface area contributed by atoms with Gasteiger partial charge in [0.2, 0.25) is 17.5 Å². The highest BCUT2D eigenvalue weighted by Crippen LogP contribution is 2.66. The fourth-order valence-electron chi connectivity index (χ4n) is 4.13. The molecular weight excluding hydrogens is 434 g/mol. The van der Waals surface area contributed by atoms with Crippen LogP contribution in [-0.2, 0) is 10.3 Å². The molecule has 10 heteroatoms. The van der Waals surface area contributed by atoms with Crippen molar-refractivity contribution in [3.05, 3.63) is 64.8 Å². The van der Waals surface area contributed by atoms with Crippen molar-refractivity contribution in [2.75, 3.05) is 14.1 Å². The number of pyridine rings is 2. The third-order valence-corrected chi connectivity index (χ3v) is 7.11. The first kappa shape index (κ1) is 21.9. The Balaban J connectivity index is 1.73. The van der Waals surface area contributed by atoms with Gasteiger partial charge in [-0.3, -0.25) is 14.8 Å². The highest BCUT2D eigenvalue weighted by Gasteiger charge is 2.71. The number of amides is 1. The van der Waals surface area contributed by atoms with Crippen LogP contribution in [0.25, 0.3) is 16.7 Å². The lowest BCUT2D eigenvalue weighted by Gasteiger charge is -2.34. The van der Waals surface area contributed by atoms with Gasteiger partial charge in [0, 0.05) is 49.6 Å². The number of halogens is 2. The minimum atomic E-state index is -1.16. The zero-order valence-corrected chi connectivity index (χ0v) is 18.5. The molecule has 0 saturated heterocycles. The molecule has 4 rings (SSSR count). The Hall–Kier alpha value is -3.32. The Morgan fingerprint density at radius 2 is 2.12 bits per heavy atom. The molecule has 1 aliphatic heterocycles. The third kappa shape index (κ3) is 3.52. The summed E-state index contributed by atoms with van der Waals surface area (Å²) in [5, 5.41) is 0.182. The molecule has 2 aromatic heterocycles. The summed E-state index contributed by atoms with van der Waals surface area (Å²) < 4.78 is 29.0. The Kier molecular flexibility index (Phi) is 5.25. The van der Waals surface area contributed by atoms with Crippen LogP contribution in [0.4, 0.5) is 14.5 Å². The predicted octanol–water partition coefficient (Wildman–Crippen LogP) is 3.76. The van der Waals surface area contributed by atoms with E-state index >= 15 is 0 Å². The molecule has 1 aliphatic carbocycles. The van der Waals surface area contributed by atoms with Gasteiger partial charge in [-0.25, -0.2) is 14.2 Å². The number of carbonyl (C=O) groups is 1. The summed E-state index contributed by atoms with van der Waals surface area (Å²) in [7, 11) is 3.32. The number of nitrogens with zero attached hydrogens (tertiary/aromatic N) is 5. The summed E-state index contributed by atoms with van der Waals surface area (Å²) >= 11 is 1.20. The number of amidine groups is 1. The van der Waals surface area contributed by atoms with E-state index in [1.165, 1.54) is 47.1 Å². The van der Waals surface area contributed by atoms with Crippen LogP contribution in [0.1, 0.15) is 30.2 Å². The smallest absolute Gasteiger partial charge is 0.239 e. The number of fused-ring (bicyclic) bond motifs is 1. The highest BCUT2D eigenvalue weighted by molar-refractivity contribution is 8.15. The molecule has 1 amide bonds. The fraction of sp³-hybridized carbons (Fsp3) is 0.318. The van der Waals surface area contributed by atoms with Crippen LogP contribution in [0, 0.1) is 18.4 Å². The molecule has 0 unspecified atom stereocenters. The Bertz CT molecular complexity index is 1210. The standard InChI is InChI=1S/C22H20F2N6OS/c1-21(17-9-22(17,19(31)30(3)4)32-20(25)29-21)15-7-12(10-28-18(15)24)16(23)8-13-5-6-14(26-2)11-27-13/h5-8,10-11,17H,9H2,1,3-4H3,(H2,25,29)/b16-8-/t17-,21+,22-/m0/s1. The van der Waals surface area contributed by atoms with Gasteiger partial charge in [-0.05, 0) is 25.5 Å². The van der Waals surface area contributed by atoms with Gasteiger partial charge >= 0.3 is 0 Å². The maximum absolute atomic E-state index is 15.0. The van der Waals surface area contributed by atoms with Crippen molar-refractivity contribution in [3.63, 3.8) is 0 Å². The Labute approximate surface area is 188 Å². The Morgan fingerprint density at radius 1 is 1.38 bits per heavy atom. The van der Waals surface area contributed by atoms with Gasteiger partial charge in [-0.15, -0.1) is 0 Å². The second-order valence-corrected chi connectivity index (χ2v) is 9.50. The molecule has 2 aliphatic rings. The zero-order valence-electron chi connectivity index (χ0n) is 17.6. The monoisotopic (exact) mass is 454 g/mol. The lowest BCUT2D eigenvalue weighted by atomic mass is 9.86. The number of hydrogen-bond donors (Lipinski definition) is 1. The van der Waals surface area contributed by atoms with Crippen LogP contribution >= 0.6 is 11.8 Å². The normalized spacial score (nSPS) is 26.6. The van der Waals surface area contributed by atoms with E-state index in [4.69, 9.17) is 12.3 Å².